The molecule has 156 valence electrons. The van der Waals surface area contributed by atoms with E-state index in [2.05, 4.69) is 10.4 Å². The highest BCUT2D eigenvalue weighted by Gasteiger charge is 2.23. The van der Waals surface area contributed by atoms with Gasteiger partial charge in [0.2, 0.25) is 11.9 Å². The molecule has 1 aliphatic rings. The van der Waals surface area contributed by atoms with Gasteiger partial charge in [-0.05, 0) is 42.7 Å². The zero-order chi connectivity index (χ0) is 21.4. The van der Waals surface area contributed by atoms with E-state index in [1.165, 1.54) is 12.1 Å². The molecule has 4 rings (SSSR count). The van der Waals surface area contributed by atoms with Crippen molar-refractivity contribution in [2.75, 3.05) is 23.4 Å². The highest BCUT2D eigenvalue weighted by atomic mass is 35.5. The van der Waals surface area contributed by atoms with Gasteiger partial charge in [-0.25, -0.2) is 13.8 Å². The average Bonchev–Trinajstić information content (AvgIpc) is 3.16. The van der Waals surface area contributed by atoms with Crippen molar-refractivity contribution in [2.45, 2.75) is 19.3 Å². The molecule has 1 aliphatic heterocycles. The third-order valence-corrected chi connectivity index (χ3v) is 5.30. The summed E-state index contributed by atoms with van der Waals surface area (Å²) in [6.45, 7) is 1.33. The van der Waals surface area contributed by atoms with Crippen molar-refractivity contribution >= 4 is 46.0 Å². The van der Waals surface area contributed by atoms with Gasteiger partial charge in [0.15, 0.2) is 0 Å². The van der Waals surface area contributed by atoms with E-state index in [0.717, 1.165) is 35.7 Å². The van der Waals surface area contributed by atoms with Crippen LogP contribution in [0.4, 0.5) is 14.7 Å². The Balaban J connectivity index is 1.76. The van der Waals surface area contributed by atoms with Gasteiger partial charge in [0.25, 0.3) is 5.56 Å². The van der Waals surface area contributed by atoms with E-state index in [1.807, 2.05) is 4.90 Å². The second-order valence-electron chi connectivity index (χ2n) is 7.02. The lowest BCUT2D eigenvalue weighted by Crippen LogP contribution is -2.39. The quantitative estimate of drug-likeness (QED) is 0.651. The summed E-state index contributed by atoms with van der Waals surface area (Å²) < 4.78 is 27.9. The first kappa shape index (κ1) is 20.6. The number of nitrogens with zero attached hydrogens (tertiary/aromatic N) is 3. The van der Waals surface area contributed by atoms with Crippen LogP contribution in [0.3, 0.4) is 0 Å². The summed E-state index contributed by atoms with van der Waals surface area (Å²) in [5.74, 6) is -1.96. The zero-order valence-corrected chi connectivity index (χ0v) is 17.1. The minimum Gasteiger partial charge on any atom is -0.341 e. The van der Waals surface area contributed by atoms with E-state index in [4.69, 9.17) is 23.2 Å². The lowest BCUT2D eigenvalue weighted by molar-refractivity contribution is -0.116. The second-order valence-corrected chi connectivity index (χ2v) is 7.86. The van der Waals surface area contributed by atoms with Gasteiger partial charge in [-0.3, -0.25) is 15.0 Å². The molecular weight excluding hydrogens is 437 g/mol. The van der Waals surface area contributed by atoms with Gasteiger partial charge in [-0.15, -0.1) is 0 Å². The summed E-state index contributed by atoms with van der Waals surface area (Å²) in [5, 5.41) is 0.556. The smallest absolute Gasteiger partial charge is 0.283 e. The number of nitrogens with one attached hydrogen (secondary N) is 1. The number of halogens is 4. The van der Waals surface area contributed by atoms with Crippen molar-refractivity contribution in [2.24, 2.45) is 0 Å². The molecule has 10 heteroatoms. The molecule has 1 amide bonds. The van der Waals surface area contributed by atoms with Gasteiger partial charge in [-0.2, -0.15) is 4.68 Å². The van der Waals surface area contributed by atoms with E-state index in [9.17, 15) is 18.4 Å². The minimum atomic E-state index is -0.788. The van der Waals surface area contributed by atoms with Crippen molar-refractivity contribution in [3.05, 3.63) is 67.9 Å². The number of amides is 1. The van der Waals surface area contributed by atoms with Crippen molar-refractivity contribution < 1.29 is 13.6 Å². The van der Waals surface area contributed by atoms with Crippen LogP contribution in [0.25, 0.3) is 10.9 Å². The molecule has 1 saturated heterocycles. The Morgan fingerprint density at radius 2 is 1.73 bits per heavy atom. The fourth-order valence-electron chi connectivity index (χ4n) is 3.51. The minimum absolute atomic E-state index is 0.109. The fourth-order valence-corrected chi connectivity index (χ4v) is 4.08. The molecule has 0 radical (unpaired) electrons. The van der Waals surface area contributed by atoms with Crippen molar-refractivity contribution in [3.8, 4) is 0 Å². The lowest BCUT2D eigenvalue weighted by atomic mass is 10.1. The molecule has 3 aromatic rings. The monoisotopic (exact) mass is 452 g/mol. The fraction of sp³-hybridized carbons (Fsp3) is 0.250. The Bertz CT molecular complexity index is 1190. The summed E-state index contributed by atoms with van der Waals surface area (Å²) in [6.07, 6.45) is 1.51. The maximum Gasteiger partial charge on any atom is 0.283 e. The van der Waals surface area contributed by atoms with Crippen molar-refractivity contribution in [1.82, 2.24) is 9.66 Å². The highest BCUT2D eigenvalue weighted by molar-refractivity contribution is 6.38. The summed E-state index contributed by atoms with van der Waals surface area (Å²) in [4.78, 5) is 32.1. The van der Waals surface area contributed by atoms with E-state index in [-0.39, 0.29) is 28.3 Å². The average molecular weight is 453 g/mol. The molecule has 1 N–H and O–H groups in total. The molecule has 6 nitrogen and oxygen atoms in total. The molecule has 1 fully saturated rings. The van der Waals surface area contributed by atoms with Crippen LogP contribution >= 0.6 is 23.2 Å². The number of hydrogen-bond donors (Lipinski definition) is 1. The lowest BCUT2D eigenvalue weighted by Gasteiger charge is -2.22. The molecule has 0 aliphatic carbocycles. The van der Waals surface area contributed by atoms with Gasteiger partial charge < -0.3 is 4.90 Å². The SMILES string of the molecule is O=C(Cc1cc(F)cc(F)c1)Nn1c(N2CCCC2)nc2cc(Cl)cc(Cl)c2c1=O. The molecule has 1 aromatic heterocycles. The third kappa shape index (κ3) is 4.11. The summed E-state index contributed by atoms with van der Waals surface area (Å²) in [5.41, 5.74) is 2.39. The molecule has 0 saturated carbocycles. The number of benzene rings is 2. The van der Waals surface area contributed by atoms with Gasteiger partial charge in [0, 0.05) is 24.2 Å². The Morgan fingerprint density at radius 1 is 1.07 bits per heavy atom. The van der Waals surface area contributed by atoms with Crippen LogP contribution in [-0.2, 0) is 11.2 Å². The topological polar surface area (TPSA) is 67.2 Å². The molecule has 0 unspecified atom stereocenters. The first-order chi connectivity index (χ1) is 14.3. The molecule has 0 atom stereocenters. The third-order valence-electron chi connectivity index (χ3n) is 4.78. The zero-order valence-electron chi connectivity index (χ0n) is 15.6. The largest absolute Gasteiger partial charge is 0.341 e. The summed E-state index contributed by atoms with van der Waals surface area (Å²) in [6, 6.07) is 5.80. The number of aromatic nitrogens is 2. The number of carbonyl (C=O) groups excluding carboxylic acids is 1. The molecule has 2 heterocycles. The Hall–Kier alpha value is -2.71. The van der Waals surface area contributed by atoms with Crippen LogP contribution in [0.15, 0.2) is 35.1 Å². The van der Waals surface area contributed by atoms with E-state index < -0.39 is 23.1 Å². The van der Waals surface area contributed by atoms with Crippen LogP contribution in [0.2, 0.25) is 10.0 Å². The summed E-state index contributed by atoms with van der Waals surface area (Å²) in [7, 11) is 0. The van der Waals surface area contributed by atoms with Gasteiger partial charge >= 0.3 is 0 Å². The predicted molar refractivity (Wildman–Crippen MR) is 112 cm³/mol. The number of anilines is 1. The first-order valence-electron chi connectivity index (χ1n) is 9.23. The number of rotatable bonds is 4. The number of hydrogen-bond acceptors (Lipinski definition) is 4. The number of fused-ring (bicyclic) bond motifs is 1. The Kier molecular flexibility index (Phi) is 5.62. The standard InChI is InChI=1S/C20H16Cl2F2N4O2/c21-12-8-15(22)18-16(9-12)25-20(27-3-1-2-4-27)28(19(18)30)26-17(29)7-11-5-13(23)10-14(24)6-11/h5-6,8-10H,1-4,7H2,(H,26,29). The van der Waals surface area contributed by atoms with Gasteiger partial charge in [-0.1, -0.05) is 23.2 Å². The van der Waals surface area contributed by atoms with E-state index >= 15 is 0 Å². The van der Waals surface area contributed by atoms with Crippen molar-refractivity contribution in [3.63, 3.8) is 0 Å². The predicted octanol–water partition coefficient (Wildman–Crippen LogP) is 3.89. The van der Waals surface area contributed by atoms with Crippen LogP contribution in [0.5, 0.6) is 0 Å². The highest BCUT2D eigenvalue weighted by Crippen LogP contribution is 2.27. The maximum atomic E-state index is 13.4. The first-order valence-corrected chi connectivity index (χ1v) is 9.99. The normalized spacial score (nSPS) is 13.8. The number of carbonyl (C=O) groups is 1. The van der Waals surface area contributed by atoms with Crippen molar-refractivity contribution in [1.29, 1.82) is 0 Å². The Labute approximate surface area is 180 Å². The molecule has 2 aromatic carbocycles. The summed E-state index contributed by atoms with van der Waals surface area (Å²) >= 11 is 12.3. The van der Waals surface area contributed by atoms with Crippen LogP contribution in [-0.4, -0.2) is 28.7 Å². The van der Waals surface area contributed by atoms with Gasteiger partial charge in [0.05, 0.1) is 22.3 Å². The van der Waals surface area contributed by atoms with Gasteiger partial charge in [0.1, 0.15) is 11.6 Å². The maximum absolute atomic E-state index is 13.4. The molecular formula is C20H16Cl2F2N4O2. The molecule has 0 bridgehead atoms. The van der Waals surface area contributed by atoms with Crippen LogP contribution in [0.1, 0.15) is 18.4 Å². The van der Waals surface area contributed by atoms with Crippen LogP contribution in [0, 0.1) is 11.6 Å². The molecule has 0 spiro atoms. The van der Waals surface area contributed by atoms with E-state index in [1.54, 1.807) is 0 Å². The Morgan fingerprint density at radius 3 is 2.40 bits per heavy atom. The second kappa shape index (κ2) is 8.20. The molecule has 30 heavy (non-hydrogen) atoms. The van der Waals surface area contributed by atoms with Crippen LogP contribution < -0.4 is 15.9 Å². The van der Waals surface area contributed by atoms with E-state index in [0.29, 0.717) is 23.6 Å².